The fourth-order valence-corrected chi connectivity index (χ4v) is 1.58. The van der Waals surface area contributed by atoms with E-state index in [9.17, 15) is 0 Å². The Labute approximate surface area is 90.8 Å². The van der Waals surface area contributed by atoms with E-state index >= 15 is 0 Å². The van der Waals surface area contributed by atoms with Gasteiger partial charge in [0.05, 0.1) is 6.54 Å². The molecule has 0 aliphatic carbocycles. The third-order valence-corrected chi connectivity index (χ3v) is 2.41. The molecule has 0 amide bonds. The van der Waals surface area contributed by atoms with Gasteiger partial charge in [0.25, 0.3) is 0 Å². The highest BCUT2D eigenvalue weighted by Gasteiger charge is 2.03. The van der Waals surface area contributed by atoms with Crippen LogP contribution in [0.15, 0.2) is 16.5 Å². The van der Waals surface area contributed by atoms with Gasteiger partial charge in [-0.15, -0.1) is 11.6 Å². The van der Waals surface area contributed by atoms with Gasteiger partial charge in [-0.25, -0.2) is 0 Å². The SMILES string of the molecule is Cc1ccc(CN(C)CCCCCl)o1. The van der Waals surface area contributed by atoms with Gasteiger partial charge in [0.1, 0.15) is 11.5 Å². The first-order valence-corrected chi connectivity index (χ1v) is 5.55. The van der Waals surface area contributed by atoms with Crippen LogP contribution in [0, 0.1) is 6.92 Å². The number of nitrogens with zero attached hydrogens (tertiary/aromatic N) is 1. The maximum Gasteiger partial charge on any atom is 0.118 e. The number of rotatable bonds is 6. The van der Waals surface area contributed by atoms with Crippen molar-refractivity contribution in [3.8, 4) is 0 Å². The summed E-state index contributed by atoms with van der Waals surface area (Å²) in [4.78, 5) is 2.25. The molecule has 0 saturated heterocycles. The summed E-state index contributed by atoms with van der Waals surface area (Å²) < 4.78 is 5.49. The zero-order valence-electron chi connectivity index (χ0n) is 8.92. The molecule has 1 aromatic heterocycles. The summed E-state index contributed by atoms with van der Waals surface area (Å²) >= 11 is 5.61. The van der Waals surface area contributed by atoms with E-state index in [2.05, 4.69) is 11.9 Å². The Kier molecular flexibility index (Phi) is 5.05. The number of alkyl halides is 1. The van der Waals surface area contributed by atoms with Crippen molar-refractivity contribution < 1.29 is 4.42 Å². The summed E-state index contributed by atoms with van der Waals surface area (Å²) in [6.45, 7) is 3.93. The van der Waals surface area contributed by atoms with Crippen molar-refractivity contribution in [2.24, 2.45) is 0 Å². The molecule has 3 heteroatoms. The zero-order chi connectivity index (χ0) is 10.4. The number of furan rings is 1. The molecular weight excluding hydrogens is 198 g/mol. The molecule has 0 aliphatic heterocycles. The third kappa shape index (κ3) is 4.16. The van der Waals surface area contributed by atoms with E-state index in [-0.39, 0.29) is 0 Å². The van der Waals surface area contributed by atoms with Gasteiger partial charge in [-0.1, -0.05) is 0 Å². The second-order valence-corrected chi connectivity index (χ2v) is 4.02. The molecule has 1 rings (SSSR count). The van der Waals surface area contributed by atoms with Crippen molar-refractivity contribution >= 4 is 11.6 Å². The van der Waals surface area contributed by atoms with Crippen molar-refractivity contribution in [1.29, 1.82) is 0 Å². The molecular formula is C11H18ClNO. The summed E-state index contributed by atoms with van der Waals surface area (Å²) in [5.41, 5.74) is 0. The summed E-state index contributed by atoms with van der Waals surface area (Å²) in [5.74, 6) is 2.78. The van der Waals surface area contributed by atoms with Gasteiger partial charge in [-0.2, -0.15) is 0 Å². The van der Waals surface area contributed by atoms with Crippen molar-refractivity contribution in [3.63, 3.8) is 0 Å². The van der Waals surface area contributed by atoms with Crippen LogP contribution in [0.25, 0.3) is 0 Å². The lowest BCUT2D eigenvalue weighted by atomic mass is 10.3. The molecule has 0 bridgehead atoms. The summed E-state index contributed by atoms with van der Waals surface area (Å²) in [6, 6.07) is 4.04. The van der Waals surface area contributed by atoms with Gasteiger partial charge in [0.2, 0.25) is 0 Å². The molecule has 0 spiro atoms. The van der Waals surface area contributed by atoms with Gasteiger partial charge in [0.15, 0.2) is 0 Å². The van der Waals surface area contributed by atoms with E-state index in [1.165, 1.54) is 0 Å². The average molecular weight is 216 g/mol. The van der Waals surface area contributed by atoms with Crippen LogP contribution in [0.1, 0.15) is 24.4 Å². The van der Waals surface area contributed by atoms with Crippen molar-refractivity contribution in [1.82, 2.24) is 4.90 Å². The fraction of sp³-hybridized carbons (Fsp3) is 0.636. The standard InChI is InChI=1S/C11H18ClNO/c1-10-5-6-11(14-10)9-13(2)8-4-3-7-12/h5-6H,3-4,7-9H2,1-2H3. The van der Waals surface area contributed by atoms with E-state index in [4.69, 9.17) is 16.0 Å². The number of hydrogen-bond acceptors (Lipinski definition) is 2. The predicted molar refractivity (Wildman–Crippen MR) is 59.7 cm³/mol. The average Bonchev–Trinajstić information content (AvgIpc) is 2.52. The van der Waals surface area contributed by atoms with Gasteiger partial charge in [0, 0.05) is 5.88 Å². The monoisotopic (exact) mass is 215 g/mol. The molecule has 1 aromatic rings. The minimum Gasteiger partial charge on any atom is -0.465 e. The first kappa shape index (κ1) is 11.6. The summed E-state index contributed by atoms with van der Waals surface area (Å²) in [5, 5.41) is 0. The smallest absolute Gasteiger partial charge is 0.118 e. The van der Waals surface area contributed by atoms with Crippen LogP contribution in [0.5, 0.6) is 0 Å². The van der Waals surface area contributed by atoms with Gasteiger partial charge in [-0.05, 0) is 45.5 Å². The largest absolute Gasteiger partial charge is 0.465 e. The van der Waals surface area contributed by atoms with Crippen LogP contribution in [0.4, 0.5) is 0 Å². The number of halogens is 1. The predicted octanol–water partition coefficient (Wildman–Crippen LogP) is 3.04. The summed E-state index contributed by atoms with van der Waals surface area (Å²) in [6.07, 6.45) is 2.24. The maximum absolute atomic E-state index is 5.61. The molecule has 0 saturated carbocycles. The lowest BCUT2D eigenvalue weighted by Gasteiger charge is -2.14. The van der Waals surface area contributed by atoms with Gasteiger partial charge >= 0.3 is 0 Å². The van der Waals surface area contributed by atoms with E-state index < -0.39 is 0 Å². The molecule has 0 aromatic carbocycles. The molecule has 0 fully saturated rings. The molecule has 1 heterocycles. The van der Waals surface area contributed by atoms with Crippen molar-refractivity contribution in [2.45, 2.75) is 26.3 Å². The van der Waals surface area contributed by atoms with Crippen molar-refractivity contribution in [3.05, 3.63) is 23.7 Å². The van der Waals surface area contributed by atoms with E-state index in [0.29, 0.717) is 0 Å². The minimum absolute atomic E-state index is 0.758. The van der Waals surface area contributed by atoms with Gasteiger partial charge in [-0.3, -0.25) is 4.90 Å². The lowest BCUT2D eigenvalue weighted by molar-refractivity contribution is 0.288. The fourth-order valence-electron chi connectivity index (χ4n) is 1.39. The Morgan fingerprint density at radius 2 is 2.14 bits per heavy atom. The number of unbranched alkanes of at least 4 members (excludes halogenated alkanes) is 1. The molecule has 14 heavy (non-hydrogen) atoms. The lowest BCUT2D eigenvalue weighted by Crippen LogP contribution is -2.18. The number of aryl methyl sites for hydroxylation is 1. The van der Waals surface area contributed by atoms with Crippen LogP contribution in [-0.4, -0.2) is 24.4 Å². The van der Waals surface area contributed by atoms with Crippen LogP contribution >= 0.6 is 11.6 Å². The molecule has 80 valence electrons. The molecule has 2 nitrogen and oxygen atoms in total. The second-order valence-electron chi connectivity index (χ2n) is 3.65. The normalized spacial score (nSPS) is 11.1. The Morgan fingerprint density at radius 1 is 1.36 bits per heavy atom. The summed E-state index contributed by atoms with van der Waals surface area (Å²) in [7, 11) is 2.10. The topological polar surface area (TPSA) is 16.4 Å². The van der Waals surface area contributed by atoms with Crippen LogP contribution < -0.4 is 0 Å². The second kappa shape index (κ2) is 6.10. The highest BCUT2D eigenvalue weighted by Crippen LogP contribution is 2.08. The molecule has 0 aliphatic rings. The van der Waals surface area contributed by atoms with E-state index in [0.717, 1.165) is 43.3 Å². The zero-order valence-corrected chi connectivity index (χ0v) is 9.68. The third-order valence-electron chi connectivity index (χ3n) is 2.15. The minimum atomic E-state index is 0.758. The van der Waals surface area contributed by atoms with Crippen LogP contribution in [-0.2, 0) is 6.54 Å². The highest BCUT2D eigenvalue weighted by atomic mass is 35.5. The van der Waals surface area contributed by atoms with Crippen LogP contribution in [0.3, 0.4) is 0 Å². The molecule has 0 N–H and O–H groups in total. The van der Waals surface area contributed by atoms with E-state index in [1.54, 1.807) is 0 Å². The number of hydrogen-bond donors (Lipinski definition) is 0. The molecule has 0 radical (unpaired) electrons. The Morgan fingerprint density at radius 3 is 2.71 bits per heavy atom. The Bertz CT molecular complexity index is 260. The van der Waals surface area contributed by atoms with Gasteiger partial charge < -0.3 is 4.42 Å². The maximum atomic E-state index is 5.61. The van der Waals surface area contributed by atoms with E-state index in [1.807, 2.05) is 19.1 Å². The molecule has 0 atom stereocenters. The highest BCUT2D eigenvalue weighted by molar-refractivity contribution is 6.17. The quantitative estimate of drug-likeness (QED) is 0.536. The first-order valence-electron chi connectivity index (χ1n) is 5.02. The Hall–Kier alpha value is -0.470. The first-order chi connectivity index (χ1) is 6.72. The Balaban J connectivity index is 2.23. The van der Waals surface area contributed by atoms with Crippen LogP contribution in [0.2, 0.25) is 0 Å². The van der Waals surface area contributed by atoms with Crippen molar-refractivity contribution in [2.75, 3.05) is 19.5 Å². The molecule has 0 unspecified atom stereocenters.